The lowest BCUT2D eigenvalue weighted by Gasteiger charge is -2.28. The quantitative estimate of drug-likeness (QED) is 0.659. The highest BCUT2D eigenvalue weighted by molar-refractivity contribution is 6.30. The summed E-state index contributed by atoms with van der Waals surface area (Å²) in [6, 6.07) is 5.89. The number of hydrogen-bond acceptors (Lipinski definition) is 6. The van der Waals surface area contributed by atoms with Gasteiger partial charge in [-0.1, -0.05) is 16.8 Å². The first-order valence-corrected chi connectivity index (χ1v) is 9.14. The van der Waals surface area contributed by atoms with Crippen LogP contribution in [0.15, 0.2) is 35.3 Å². The summed E-state index contributed by atoms with van der Waals surface area (Å²) in [7, 11) is 1.69. The van der Waals surface area contributed by atoms with Crippen LogP contribution in [0.3, 0.4) is 0 Å². The second kappa shape index (κ2) is 7.69. The Morgan fingerprint density at radius 1 is 1.25 bits per heavy atom. The lowest BCUT2D eigenvalue weighted by atomic mass is 10.1. The fraction of sp³-hybridized carbons (Fsp3) is 0.333. The highest BCUT2D eigenvalue weighted by atomic mass is 35.5. The molecule has 0 aliphatic carbocycles. The van der Waals surface area contributed by atoms with Crippen LogP contribution in [0.1, 0.15) is 5.69 Å². The maximum absolute atomic E-state index is 14.3. The third-order valence-electron chi connectivity index (χ3n) is 4.66. The smallest absolute Gasteiger partial charge is 0.269 e. The van der Waals surface area contributed by atoms with E-state index in [4.69, 9.17) is 16.3 Å². The summed E-state index contributed by atoms with van der Waals surface area (Å²) >= 11 is 5.83. The third kappa shape index (κ3) is 3.63. The van der Waals surface area contributed by atoms with E-state index in [1.54, 1.807) is 31.4 Å². The first-order valence-electron chi connectivity index (χ1n) is 8.77. The van der Waals surface area contributed by atoms with Crippen LogP contribution in [-0.4, -0.2) is 51.1 Å². The predicted molar refractivity (Wildman–Crippen MR) is 102 cm³/mol. The van der Waals surface area contributed by atoms with Gasteiger partial charge in [-0.2, -0.15) is 5.10 Å². The molecule has 0 spiro atoms. The maximum atomic E-state index is 14.3. The van der Waals surface area contributed by atoms with Gasteiger partial charge in [-0.05, 0) is 18.2 Å². The normalized spacial score (nSPS) is 14.5. The van der Waals surface area contributed by atoms with Crippen LogP contribution in [0.4, 0.5) is 10.1 Å². The SMILES string of the molecule is Cn1nnc(-c2ccc(Cl)cc2F)c1Cn1ncc(N2CCOCC2)cc1=O. The molecule has 0 amide bonds. The molecule has 3 aromatic rings. The number of rotatable bonds is 4. The van der Waals surface area contributed by atoms with E-state index in [9.17, 15) is 9.18 Å². The van der Waals surface area contributed by atoms with Crippen molar-refractivity contribution in [2.45, 2.75) is 6.54 Å². The van der Waals surface area contributed by atoms with E-state index in [-0.39, 0.29) is 17.7 Å². The molecule has 0 saturated carbocycles. The Labute approximate surface area is 165 Å². The molecule has 0 N–H and O–H groups in total. The lowest BCUT2D eigenvalue weighted by molar-refractivity contribution is 0.122. The summed E-state index contributed by atoms with van der Waals surface area (Å²) in [5.74, 6) is -0.503. The predicted octanol–water partition coefficient (Wildman–Crippen LogP) is 1.72. The monoisotopic (exact) mass is 404 g/mol. The van der Waals surface area contributed by atoms with Crippen LogP contribution >= 0.6 is 11.6 Å². The average molecular weight is 405 g/mol. The van der Waals surface area contributed by atoms with Crippen LogP contribution in [-0.2, 0) is 18.3 Å². The van der Waals surface area contributed by atoms with Crippen LogP contribution in [0.5, 0.6) is 0 Å². The molecule has 0 unspecified atom stereocenters. The number of nitrogens with zero attached hydrogens (tertiary/aromatic N) is 6. The number of benzene rings is 1. The molecule has 1 aromatic carbocycles. The molecule has 4 rings (SSSR count). The van der Waals surface area contributed by atoms with Crippen molar-refractivity contribution in [3.05, 3.63) is 57.3 Å². The van der Waals surface area contributed by atoms with E-state index in [1.807, 2.05) is 0 Å². The summed E-state index contributed by atoms with van der Waals surface area (Å²) in [4.78, 5) is 14.6. The first-order chi connectivity index (χ1) is 13.5. The zero-order chi connectivity index (χ0) is 19.7. The zero-order valence-electron chi connectivity index (χ0n) is 15.2. The second-order valence-corrected chi connectivity index (χ2v) is 6.88. The van der Waals surface area contributed by atoms with Crippen LogP contribution in [0, 0.1) is 5.82 Å². The number of aromatic nitrogens is 5. The molecule has 10 heteroatoms. The van der Waals surface area contributed by atoms with Gasteiger partial charge in [0.05, 0.1) is 37.3 Å². The zero-order valence-corrected chi connectivity index (χ0v) is 15.9. The standard InChI is InChI=1S/C18H18ClFN6O2/c1-24-16(18(22-23-24)14-3-2-12(19)8-15(14)20)11-26-17(27)9-13(10-21-26)25-4-6-28-7-5-25/h2-3,8-10H,4-7,11H2,1H3. The molecule has 0 bridgehead atoms. The highest BCUT2D eigenvalue weighted by Gasteiger charge is 2.19. The molecule has 146 valence electrons. The topological polar surface area (TPSA) is 78.1 Å². The van der Waals surface area contributed by atoms with Crippen LogP contribution in [0.2, 0.25) is 5.02 Å². The fourth-order valence-corrected chi connectivity index (χ4v) is 3.28. The highest BCUT2D eigenvalue weighted by Crippen LogP contribution is 2.26. The van der Waals surface area contributed by atoms with Crippen molar-refractivity contribution in [1.82, 2.24) is 24.8 Å². The molecule has 28 heavy (non-hydrogen) atoms. The number of ether oxygens (including phenoxy) is 1. The van der Waals surface area contributed by atoms with Crippen molar-refractivity contribution < 1.29 is 9.13 Å². The summed E-state index contributed by atoms with van der Waals surface area (Å²) in [5.41, 5.74) is 1.69. The number of morpholine rings is 1. The molecule has 1 saturated heterocycles. The van der Waals surface area contributed by atoms with Gasteiger partial charge in [0.1, 0.15) is 11.5 Å². The van der Waals surface area contributed by atoms with Crippen molar-refractivity contribution in [2.24, 2.45) is 7.05 Å². The Balaban J connectivity index is 1.65. The summed E-state index contributed by atoms with van der Waals surface area (Å²) < 4.78 is 22.5. The molecule has 0 atom stereocenters. The first kappa shape index (κ1) is 18.6. The Bertz CT molecular complexity index is 1060. The third-order valence-corrected chi connectivity index (χ3v) is 4.90. The molecule has 8 nitrogen and oxygen atoms in total. The van der Waals surface area contributed by atoms with Crippen molar-refractivity contribution in [3.63, 3.8) is 0 Å². The van der Waals surface area contributed by atoms with E-state index >= 15 is 0 Å². The van der Waals surface area contributed by atoms with Gasteiger partial charge in [0.2, 0.25) is 0 Å². The van der Waals surface area contributed by atoms with E-state index in [0.29, 0.717) is 29.6 Å². The van der Waals surface area contributed by atoms with Gasteiger partial charge < -0.3 is 9.64 Å². The van der Waals surface area contributed by atoms with Gasteiger partial charge in [0.15, 0.2) is 0 Å². The molecular weight excluding hydrogens is 387 g/mol. The summed E-state index contributed by atoms with van der Waals surface area (Å²) in [6.45, 7) is 2.80. The molecule has 0 radical (unpaired) electrons. The minimum absolute atomic E-state index is 0.114. The number of halogens is 2. The molecular formula is C18H18ClFN6O2. The second-order valence-electron chi connectivity index (χ2n) is 6.44. The number of hydrogen-bond donors (Lipinski definition) is 0. The maximum Gasteiger partial charge on any atom is 0.269 e. The molecule has 1 aliphatic heterocycles. The van der Waals surface area contributed by atoms with Gasteiger partial charge in [-0.3, -0.25) is 4.79 Å². The molecule has 2 aromatic heterocycles. The number of aryl methyl sites for hydroxylation is 1. The fourth-order valence-electron chi connectivity index (χ4n) is 3.12. The summed E-state index contributed by atoms with van der Waals surface area (Å²) in [5, 5.41) is 12.6. The van der Waals surface area contributed by atoms with Crippen molar-refractivity contribution in [3.8, 4) is 11.3 Å². The van der Waals surface area contributed by atoms with E-state index in [2.05, 4.69) is 20.3 Å². The largest absolute Gasteiger partial charge is 0.378 e. The van der Waals surface area contributed by atoms with Gasteiger partial charge in [-0.15, -0.1) is 5.10 Å². The van der Waals surface area contributed by atoms with Crippen molar-refractivity contribution in [1.29, 1.82) is 0 Å². The molecule has 3 heterocycles. The molecule has 1 fully saturated rings. The number of anilines is 1. The van der Waals surface area contributed by atoms with Crippen molar-refractivity contribution in [2.75, 3.05) is 31.2 Å². The van der Waals surface area contributed by atoms with Gasteiger partial charge >= 0.3 is 0 Å². The Morgan fingerprint density at radius 3 is 2.75 bits per heavy atom. The Kier molecular flexibility index (Phi) is 5.10. The average Bonchev–Trinajstić information content (AvgIpc) is 3.04. The Morgan fingerprint density at radius 2 is 2.04 bits per heavy atom. The van der Waals surface area contributed by atoms with Gasteiger partial charge in [0.25, 0.3) is 5.56 Å². The Hall–Kier alpha value is -2.78. The molecule has 1 aliphatic rings. The van der Waals surface area contributed by atoms with Crippen LogP contribution in [0.25, 0.3) is 11.3 Å². The van der Waals surface area contributed by atoms with Crippen LogP contribution < -0.4 is 10.5 Å². The minimum atomic E-state index is -0.503. The van der Waals surface area contributed by atoms with E-state index in [1.165, 1.54) is 15.4 Å². The summed E-state index contributed by atoms with van der Waals surface area (Å²) in [6.07, 6.45) is 1.65. The van der Waals surface area contributed by atoms with E-state index < -0.39 is 5.82 Å². The minimum Gasteiger partial charge on any atom is -0.378 e. The van der Waals surface area contributed by atoms with Gasteiger partial charge in [0, 0.05) is 36.8 Å². The lowest BCUT2D eigenvalue weighted by Crippen LogP contribution is -2.37. The van der Waals surface area contributed by atoms with E-state index in [0.717, 1.165) is 18.8 Å². The van der Waals surface area contributed by atoms with Crippen molar-refractivity contribution >= 4 is 17.3 Å². The van der Waals surface area contributed by atoms with Gasteiger partial charge in [-0.25, -0.2) is 13.8 Å².